The van der Waals surface area contributed by atoms with Crippen molar-refractivity contribution in [1.82, 2.24) is 10.6 Å². The monoisotopic (exact) mass is 302 g/mol. The van der Waals surface area contributed by atoms with Crippen molar-refractivity contribution in [1.29, 1.82) is 0 Å². The molecule has 0 aromatic carbocycles. The van der Waals surface area contributed by atoms with E-state index in [9.17, 15) is 4.79 Å². The maximum Gasteiger partial charge on any atom is 0.252 e. The van der Waals surface area contributed by atoms with Crippen molar-refractivity contribution in [3.63, 3.8) is 0 Å². The molecule has 1 aromatic rings. The number of carbonyl (C=O) groups is 1. The number of fused-ring (bicyclic) bond motifs is 1. The molecule has 0 saturated carbocycles. The van der Waals surface area contributed by atoms with E-state index in [4.69, 9.17) is 0 Å². The smallest absolute Gasteiger partial charge is 0.252 e. The van der Waals surface area contributed by atoms with Gasteiger partial charge in [0.1, 0.15) is 0 Å². The predicted octanol–water partition coefficient (Wildman–Crippen LogP) is 2.78. The summed E-state index contributed by atoms with van der Waals surface area (Å²) >= 11 is 1.75. The quantitative estimate of drug-likeness (QED) is 0.793. The van der Waals surface area contributed by atoms with Crippen molar-refractivity contribution < 1.29 is 4.79 Å². The summed E-state index contributed by atoms with van der Waals surface area (Å²) in [6.45, 7) is 4.72. The lowest BCUT2D eigenvalue weighted by Gasteiger charge is -2.12. The van der Waals surface area contributed by atoms with Crippen molar-refractivity contribution >= 4 is 29.7 Å². The Morgan fingerprint density at radius 1 is 1.26 bits per heavy atom. The minimum atomic E-state index is 0. The third kappa shape index (κ3) is 4.48. The maximum atomic E-state index is 12.1. The first kappa shape index (κ1) is 16.5. The second-order valence-corrected chi connectivity index (χ2v) is 5.73. The average Bonchev–Trinajstić information content (AvgIpc) is 2.82. The van der Waals surface area contributed by atoms with Gasteiger partial charge < -0.3 is 10.6 Å². The molecular weight excluding hydrogens is 280 g/mol. The van der Waals surface area contributed by atoms with Crippen LogP contribution in [-0.4, -0.2) is 25.5 Å². The zero-order valence-corrected chi connectivity index (χ0v) is 13.1. The lowest BCUT2D eigenvalue weighted by atomic mass is 9.96. The van der Waals surface area contributed by atoms with E-state index >= 15 is 0 Å². The van der Waals surface area contributed by atoms with Gasteiger partial charge in [-0.05, 0) is 44.2 Å². The molecule has 0 fully saturated rings. The van der Waals surface area contributed by atoms with Gasteiger partial charge in [0.05, 0.1) is 5.56 Å². The normalized spacial score (nSPS) is 13.5. The molecule has 1 aliphatic rings. The Bertz CT molecular complexity index is 406. The van der Waals surface area contributed by atoms with Gasteiger partial charge in [-0.25, -0.2) is 0 Å². The SMILES string of the molecule is CCCNCCNC(=O)c1csc2c1CCCC2.Cl. The zero-order valence-electron chi connectivity index (χ0n) is 11.5. The van der Waals surface area contributed by atoms with Crippen LogP contribution in [0.1, 0.15) is 47.0 Å². The highest BCUT2D eigenvalue weighted by atomic mass is 35.5. The second-order valence-electron chi connectivity index (χ2n) is 4.76. The Kier molecular flexibility index (Phi) is 7.42. The molecule has 0 bridgehead atoms. The molecule has 2 N–H and O–H groups in total. The largest absolute Gasteiger partial charge is 0.351 e. The summed E-state index contributed by atoms with van der Waals surface area (Å²) in [5.41, 5.74) is 2.23. The first-order valence-electron chi connectivity index (χ1n) is 6.91. The van der Waals surface area contributed by atoms with Crippen molar-refractivity contribution in [2.75, 3.05) is 19.6 Å². The number of thiophene rings is 1. The van der Waals surface area contributed by atoms with E-state index in [0.29, 0.717) is 6.54 Å². The van der Waals surface area contributed by atoms with Gasteiger partial charge in [-0.15, -0.1) is 23.7 Å². The molecule has 0 atom stereocenters. The number of halogens is 1. The lowest BCUT2D eigenvalue weighted by molar-refractivity contribution is 0.0953. The highest BCUT2D eigenvalue weighted by Crippen LogP contribution is 2.29. The van der Waals surface area contributed by atoms with E-state index < -0.39 is 0 Å². The molecule has 0 unspecified atom stereocenters. The summed E-state index contributed by atoms with van der Waals surface area (Å²) in [6.07, 6.45) is 5.87. The summed E-state index contributed by atoms with van der Waals surface area (Å²) in [5, 5.41) is 8.32. The van der Waals surface area contributed by atoms with Crippen LogP contribution in [0.3, 0.4) is 0 Å². The fourth-order valence-electron chi connectivity index (χ4n) is 2.35. The molecule has 0 aliphatic heterocycles. The van der Waals surface area contributed by atoms with Crippen LogP contribution in [0.15, 0.2) is 5.38 Å². The van der Waals surface area contributed by atoms with Gasteiger partial charge in [-0.2, -0.15) is 0 Å². The van der Waals surface area contributed by atoms with Crippen molar-refractivity contribution in [2.24, 2.45) is 0 Å². The van der Waals surface area contributed by atoms with Crippen LogP contribution in [0.4, 0.5) is 0 Å². The molecule has 1 aliphatic carbocycles. The number of nitrogens with one attached hydrogen (secondary N) is 2. The highest BCUT2D eigenvalue weighted by Gasteiger charge is 2.19. The summed E-state index contributed by atoms with van der Waals surface area (Å²) in [7, 11) is 0. The fraction of sp³-hybridized carbons (Fsp3) is 0.643. The molecule has 3 nitrogen and oxygen atoms in total. The highest BCUT2D eigenvalue weighted by molar-refractivity contribution is 7.10. The van der Waals surface area contributed by atoms with Gasteiger partial charge in [0.25, 0.3) is 5.91 Å². The van der Waals surface area contributed by atoms with Crippen LogP contribution in [0, 0.1) is 0 Å². The van der Waals surface area contributed by atoms with E-state index in [2.05, 4.69) is 17.6 Å². The van der Waals surface area contributed by atoms with E-state index in [0.717, 1.165) is 37.9 Å². The van der Waals surface area contributed by atoms with Gasteiger partial charge in [0.15, 0.2) is 0 Å². The van der Waals surface area contributed by atoms with Gasteiger partial charge >= 0.3 is 0 Å². The van der Waals surface area contributed by atoms with Crippen LogP contribution in [0.25, 0.3) is 0 Å². The summed E-state index contributed by atoms with van der Waals surface area (Å²) in [4.78, 5) is 13.5. The number of carbonyl (C=O) groups excluding carboxylic acids is 1. The predicted molar refractivity (Wildman–Crippen MR) is 83.7 cm³/mol. The Morgan fingerprint density at radius 2 is 2.05 bits per heavy atom. The summed E-state index contributed by atoms with van der Waals surface area (Å²) in [6, 6.07) is 0. The van der Waals surface area contributed by atoms with Crippen LogP contribution in [-0.2, 0) is 12.8 Å². The Labute approximate surface area is 125 Å². The van der Waals surface area contributed by atoms with Crippen molar-refractivity contribution in [2.45, 2.75) is 39.0 Å². The fourth-order valence-corrected chi connectivity index (χ4v) is 3.47. The minimum absolute atomic E-state index is 0. The molecule has 2 rings (SSSR count). The van der Waals surface area contributed by atoms with Crippen LogP contribution in [0.2, 0.25) is 0 Å². The standard InChI is InChI=1S/C14H22N2OS.ClH/c1-2-7-15-8-9-16-14(17)12-10-18-13-6-4-3-5-11(12)13;/h10,15H,2-9H2,1H3,(H,16,17);1H. The van der Waals surface area contributed by atoms with Crippen LogP contribution < -0.4 is 10.6 Å². The molecule has 108 valence electrons. The Hall–Kier alpha value is -0.580. The van der Waals surface area contributed by atoms with Gasteiger partial charge in [-0.1, -0.05) is 6.92 Å². The average molecular weight is 303 g/mol. The number of hydrogen-bond acceptors (Lipinski definition) is 3. The zero-order chi connectivity index (χ0) is 12.8. The van der Waals surface area contributed by atoms with Gasteiger partial charge in [-0.3, -0.25) is 4.79 Å². The first-order valence-corrected chi connectivity index (χ1v) is 7.79. The summed E-state index contributed by atoms with van der Waals surface area (Å²) < 4.78 is 0. The molecular formula is C14H23ClN2OS. The third-order valence-electron chi connectivity index (χ3n) is 3.32. The molecule has 19 heavy (non-hydrogen) atoms. The molecule has 0 spiro atoms. The van der Waals surface area contributed by atoms with E-state index in [1.165, 1.54) is 23.3 Å². The number of rotatable bonds is 6. The molecule has 1 amide bonds. The minimum Gasteiger partial charge on any atom is -0.351 e. The van der Waals surface area contributed by atoms with Gasteiger partial charge in [0.2, 0.25) is 0 Å². The molecule has 1 heterocycles. The van der Waals surface area contributed by atoms with Gasteiger partial charge in [0, 0.05) is 23.3 Å². The van der Waals surface area contributed by atoms with Crippen molar-refractivity contribution in [3.8, 4) is 0 Å². The Morgan fingerprint density at radius 3 is 2.84 bits per heavy atom. The molecule has 0 radical (unpaired) electrons. The van der Waals surface area contributed by atoms with E-state index in [-0.39, 0.29) is 18.3 Å². The number of amides is 1. The maximum absolute atomic E-state index is 12.1. The van der Waals surface area contributed by atoms with Crippen LogP contribution in [0.5, 0.6) is 0 Å². The number of hydrogen-bond donors (Lipinski definition) is 2. The van der Waals surface area contributed by atoms with Crippen molar-refractivity contribution in [3.05, 3.63) is 21.4 Å². The molecule has 1 aromatic heterocycles. The van der Waals surface area contributed by atoms with E-state index in [1.54, 1.807) is 11.3 Å². The number of aryl methyl sites for hydroxylation is 1. The summed E-state index contributed by atoms with van der Waals surface area (Å²) in [5.74, 6) is 0.104. The van der Waals surface area contributed by atoms with E-state index in [1.807, 2.05) is 5.38 Å². The first-order chi connectivity index (χ1) is 8.83. The third-order valence-corrected chi connectivity index (χ3v) is 4.41. The topological polar surface area (TPSA) is 41.1 Å². The molecule has 0 saturated heterocycles. The lowest BCUT2D eigenvalue weighted by Crippen LogP contribution is -2.32. The molecule has 5 heteroatoms. The van der Waals surface area contributed by atoms with Crippen LogP contribution >= 0.6 is 23.7 Å². The second kappa shape index (κ2) is 8.56. The Balaban J connectivity index is 0.00000180.